The maximum absolute atomic E-state index is 13.2. The molecule has 0 aromatic carbocycles. The molecule has 14 heteroatoms. The van der Waals surface area contributed by atoms with Gasteiger partial charge in [0, 0.05) is 36.7 Å². The van der Waals surface area contributed by atoms with Crippen molar-refractivity contribution in [3.63, 3.8) is 0 Å². The summed E-state index contributed by atoms with van der Waals surface area (Å²) in [5, 5.41) is 77.6. The summed E-state index contributed by atoms with van der Waals surface area (Å²) in [6.45, 7) is 5.29. The highest BCUT2D eigenvalue weighted by Crippen LogP contribution is 2.70. The van der Waals surface area contributed by atoms with E-state index in [0.717, 1.165) is 6.29 Å². The average molecular weight is 697 g/mol. The highest BCUT2D eigenvalue weighted by atomic mass is 16.7. The zero-order chi connectivity index (χ0) is 35.3. The van der Waals surface area contributed by atoms with E-state index < -0.39 is 101 Å². The molecule has 0 radical (unpaired) electrons. The second-order valence-electron chi connectivity index (χ2n) is 16.3. The second-order valence-corrected chi connectivity index (χ2v) is 16.3. The minimum Gasteiger partial charge on any atom is -0.458 e. The molecule has 7 aliphatic rings. The Kier molecular flexibility index (Phi) is 9.17. The molecule has 0 amide bonds. The van der Waals surface area contributed by atoms with Gasteiger partial charge in [0.2, 0.25) is 0 Å². The third-order valence-electron chi connectivity index (χ3n) is 13.9. The molecule has 4 saturated carbocycles. The number of cyclic esters (lactones) is 1. The van der Waals surface area contributed by atoms with E-state index in [1.807, 2.05) is 6.92 Å². The van der Waals surface area contributed by atoms with Crippen LogP contribution in [-0.4, -0.2) is 133 Å². The summed E-state index contributed by atoms with van der Waals surface area (Å²) in [7, 11) is 0. The lowest BCUT2D eigenvalue weighted by molar-refractivity contribution is -0.341. The quantitative estimate of drug-likeness (QED) is 0.107. The highest BCUT2D eigenvalue weighted by Gasteiger charge is 2.73. The van der Waals surface area contributed by atoms with E-state index in [1.165, 1.54) is 13.0 Å². The molecule has 4 aliphatic carbocycles. The maximum Gasteiger partial charge on any atom is 0.331 e. The molecule has 3 aliphatic heterocycles. The number of esters is 1. The fraction of sp³-hybridized carbons (Fsp3) is 0.886. The number of rotatable bonds is 6. The van der Waals surface area contributed by atoms with Gasteiger partial charge in [-0.3, -0.25) is 0 Å². The number of hydrogen-bond donors (Lipinski definition) is 7. The molecule has 0 aromatic heterocycles. The topological polar surface area (TPSA) is 222 Å². The fourth-order valence-electron chi connectivity index (χ4n) is 11.3. The fourth-order valence-corrected chi connectivity index (χ4v) is 11.3. The number of aliphatic hydroxyl groups excluding tert-OH is 5. The van der Waals surface area contributed by atoms with Crippen LogP contribution in [0.15, 0.2) is 11.6 Å². The lowest BCUT2D eigenvalue weighted by Gasteiger charge is -2.65. The van der Waals surface area contributed by atoms with Gasteiger partial charge in [-0.05, 0) is 69.8 Å². The van der Waals surface area contributed by atoms with Gasteiger partial charge in [0.15, 0.2) is 12.6 Å². The molecule has 18 unspecified atom stereocenters. The first-order valence-electron chi connectivity index (χ1n) is 17.9. The molecule has 276 valence electrons. The molecular weight excluding hydrogens is 644 g/mol. The molecule has 7 rings (SSSR count). The lowest BCUT2D eigenvalue weighted by atomic mass is 9.41. The molecule has 49 heavy (non-hydrogen) atoms. The Morgan fingerprint density at radius 3 is 2.27 bits per heavy atom. The standard InChI is InChI=1S/C35H52O14/c1-16-27(40)28(41)29(42)31(47-16)49-30-17(2)46-25(11-22(30)37)48-19-4-8-33(15-36)20-5-7-32(3)26(18-10-24(39)45-14-18)23(38)13-35(32,44)21(20)6-9-34(33,43)12-19/h10,15-17,19-23,25-31,37-38,40-44H,4-9,11-14H2,1-3H3. The van der Waals surface area contributed by atoms with Crippen LogP contribution < -0.4 is 0 Å². The van der Waals surface area contributed by atoms with Crippen LogP contribution in [0.4, 0.5) is 0 Å². The summed E-state index contributed by atoms with van der Waals surface area (Å²) >= 11 is 0. The van der Waals surface area contributed by atoms with Gasteiger partial charge in [-0.2, -0.15) is 0 Å². The Morgan fingerprint density at radius 1 is 0.857 bits per heavy atom. The zero-order valence-corrected chi connectivity index (χ0v) is 28.3. The first-order valence-corrected chi connectivity index (χ1v) is 17.9. The van der Waals surface area contributed by atoms with Gasteiger partial charge in [-0.1, -0.05) is 6.92 Å². The molecule has 3 heterocycles. The van der Waals surface area contributed by atoms with Crippen molar-refractivity contribution in [2.24, 2.45) is 28.6 Å². The molecule has 7 N–H and O–H groups in total. The molecular formula is C35H52O14. The molecule has 14 nitrogen and oxygen atoms in total. The molecule has 0 aromatic rings. The van der Waals surface area contributed by atoms with Crippen LogP contribution in [0.5, 0.6) is 0 Å². The van der Waals surface area contributed by atoms with Crippen LogP contribution in [0.1, 0.15) is 78.6 Å². The van der Waals surface area contributed by atoms with Crippen molar-refractivity contribution in [2.45, 2.75) is 157 Å². The summed E-state index contributed by atoms with van der Waals surface area (Å²) < 4.78 is 28.9. The minimum atomic E-state index is -1.53. The van der Waals surface area contributed by atoms with Gasteiger partial charge < -0.3 is 64.2 Å². The predicted molar refractivity (Wildman–Crippen MR) is 166 cm³/mol. The first kappa shape index (κ1) is 35.8. The number of aldehydes is 1. The first-order chi connectivity index (χ1) is 23.1. The predicted octanol–water partition coefficient (Wildman–Crippen LogP) is -0.398. The van der Waals surface area contributed by atoms with Gasteiger partial charge in [0.1, 0.15) is 37.3 Å². The van der Waals surface area contributed by atoms with Crippen LogP contribution in [0.3, 0.4) is 0 Å². The van der Waals surface area contributed by atoms with Gasteiger partial charge in [-0.25, -0.2) is 4.79 Å². The third-order valence-corrected chi connectivity index (χ3v) is 13.9. The Hall–Kier alpha value is -1.56. The van der Waals surface area contributed by atoms with E-state index in [-0.39, 0.29) is 44.1 Å². The van der Waals surface area contributed by atoms with Gasteiger partial charge in [-0.15, -0.1) is 0 Å². The van der Waals surface area contributed by atoms with Gasteiger partial charge >= 0.3 is 5.97 Å². The Bertz CT molecular complexity index is 1310. The van der Waals surface area contributed by atoms with E-state index in [2.05, 4.69) is 0 Å². The number of fused-ring (bicyclic) bond motifs is 5. The van der Waals surface area contributed by atoms with Crippen molar-refractivity contribution in [3.8, 4) is 0 Å². The zero-order valence-electron chi connectivity index (χ0n) is 28.3. The summed E-state index contributed by atoms with van der Waals surface area (Å²) in [6.07, 6.45) is -6.02. The molecule has 6 fully saturated rings. The van der Waals surface area contributed by atoms with E-state index in [0.29, 0.717) is 37.7 Å². The van der Waals surface area contributed by atoms with E-state index in [1.54, 1.807) is 6.92 Å². The number of carbonyl (C=O) groups is 2. The van der Waals surface area contributed by atoms with Crippen molar-refractivity contribution in [3.05, 3.63) is 11.6 Å². The summed E-state index contributed by atoms with van der Waals surface area (Å²) in [5.41, 5.74) is -3.84. The number of carbonyl (C=O) groups excluding carboxylic acids is 2. The highest BCUT2D eigenvalue weighted by molar-refractivity contribution is 5.85. The smallest absolute Gasteiger partial charge is 0.331 e. The van der Waals surface area contributed by atoms with E-state index in [4.69, 9.17) is 23.7 Å². The van der Waals surface area contributed by atoms with Crippen LogP contribution in [0.25, 0.3) is 0 Å². The Labute approximate surface area is 285 Å². The molecule has 18 atom stereocenters. The minimum absolute atomic E-state index is 0.0270. The van der Waals surface area contributed by atoms with Crippen LogP contribution in [-0.2, 0) is 33.3 Å². The van der Waals surface area contributed by atoms with Crippen molar-refractivity contribution in [1.82, 2.24) is 0 Å². The molecule has 0 bridgehead atoms. The number of hydrogen-bond acceptors (Lipinski definition) is 14. The summed E-state index contributed by atoms with van der Waals surface area (Å²) in [5.74, 6) is -1.53. The summed E-state index contributed by atoms with van der Waals surface area (Å²) in [6, 6.07) is 0. The third kappa shape index (κ3) is 5.39. The van der Waals surface area contributed by atoms with Crippen molar-refractivity contribution in [2.75, 3.05) is 6.61 Å². The van der Waals surface area contributed by atoms with E-state index >= 15 is 0 Å². The molecule has 2 saturated heterocycles. The maximum atomic E-state index is 13.2. The van der Waals surface area contributed by atoms with Crippen LogP contribution in [0.2, 0.25) is 0 Å². The average Bonchev–Trinajstić information content (AvgIpc) is 3.55. The van der Waals surface area contributed by atoms with Crippen molar-refractivity contribution in [1.29, 1.82) is 0 Å². The lowest BCUT2D eigenvalue weighted by Crippen LogP contribution is -2.69. The van der Waals surface area contributed by atoms with Crippen LogP contribution in [0, 0.1) is 28.6 Å². The molecule has 0 spiro atoms. The Morgan fingerprint density at radius 2 is 1.59 bits per heavy atom. The summed E-state index contributed by atoms with van der Waals surface area (Å²) in [4.78, 5) is 25.1. The van der Waals surface area contributed by atoms with E-state index in [9.17, 15) is 45.3 Å². The second kappa shape index (κ2) is 12.5. The van der Waals surface area contributed by atoms with Gasteiger partial charge in [0.25, 0.3) is 0 Å². The number of ether oxygens (including phenoxy) is 5. The monoisotopic (exact) mass is 696 g/mol. The number of aliphatic hydroxyl groups is 7. The normalized spacial score (nSPS) is 55.9. The SMILES string of the molecule is CC1OC(OC2C(O)CC(OC3CCC4(C=O)C5CCC6(C)C(C7=CC(=O)OC7)C(O)CC6(O)C5CCC4(O)C3)OC2C)C(O)C(O)C1O. The largest absolute Gasteiger partial charge is 0.458 e. The van der Waals surface area contributed by atoms with Crippen molar-refractivity contribution < 1.29 is 69.0 Å². The Balaban J connectivity index is 1.02. The van der Waals surface area contributed by atoms with Crippen molar-refractivity contribution >= 4 is 12.3 Å². The van der Waals surface area contributed by atoms with Crippen LogP contribution >= 0.6 is 0 Å². The van der Waals surface area contributed by atoms with Gasteiger partial charge in [0.05, 0.1) is 47.1 Å².